The van der Waals surface area contributed by atoms with Crippen molar-refractivity contribution < 1.29 is 31.8 Å². The van der Waals surface area contributed by atoms with Gasteiger partial charge in [0.15, 0.2) is 0 Å². The zero-order valence-electron chi connectivity index (χ0n) is 22.0. The maximum Gasteiger partial charge on any atom is 0.270 e. The molecule has 3 N–H and O–H groups in total. The number of aromatic nitrogens is 1. The minimum Gasteiger partial charge on any atom is -0.467 e. The number of rotatable bonds is 10. The number of nitrogens with zero attached hydrogens (tertiary/aromatic N) is 2. The van der Waals surface area contributed by atoms with Crippen LogP contribution < -0.4 is 19.7 Å². The molecule has 2 heterocycles. The number of carbonyl (C=O) groups is 1. The average Bonchev–Trinajstić information content (AvgIpc) is 3.80. The van der Waals surface area contributed by atoms with Gasteiger partial charge in [-0.2, -0.15) is 13.8 Å². The van der Waals surface area contributed by atoms with E-state index in [0.29, 0.717) is 48.0 Å². The molecule has 3 aliphatic carbocycles. The van der Waals surface area contributed by atoms with E-state index in [2.05, 4.69) is 19.9 Å². The van der Waals surface area contributed by atoms with Crippen LogP contribution in [0.2, 0.25) is 0 Å². The second-order valence-electron chi connectivity index (χ2n) is 11.6. The third-order valence-electron chi connectivity index (χ3n) is 8.67. The lowest BCUT2D eigenvalue weighted by molar-refractivity contribution is 0.102. The first kappa shape index (κ1) is 26.9. The summed E-state index contributed by atoms with van der Waals surface area (Å²) in [5, 5.41) is 12.4. The summed E-state index contributed by atoms with van der Waals surface area (Å²) in [5.74, 6) is -0.111. The summed E-state index contributed by atoms with van der Waals surface area (Å²) >= 11 is 0. The van der Waals surface area contributed by atoms with Crippen molar-refractivity contribution in [2.45, 2.75) is 61.7 Å². The van der Waals surface area contributed by atoms with E-state index in [4.69, 9.17) is 4.74 Å². The van der Waals surface area contributed by atoms with E-state index >= 15 is 0 Å². The van der Waals surface area contributed by atoms with Crippen LogP contribution in [0.15, 0.2) is 48.6 Å². The fraction of sp³-hybridized carbons (Fsp3) is 0.500. The highest BCUT2D eigenvalue weighted by Crippen LogP contribution is 2.54. The van der Waals surface area contributed by atoms with Gasteiger partial charge < -0.3 is 20.1 Å². The fourth-order valence-electron chi connectivity index (χ4n) is 5.39. The highest BCUT2D eigenvalue weighted by molar-refractivity contribution is 7.94. The third-order valence-corrected chi connectivity index (χ3v) is 10.9. The molecule has 1 aliphatic heterocycles. The van der Waals surface area contributed by atoms with E-state index in [1.54, 1.807) is 30.3 Å². The normalized spacial score (nSPS) is 21.3. The van der Waals surface area contributed by atoms with Gasteiger partial charge >= 0.3 is 0 Å². The summed E-state index contributed by atoms with van der Waals surface area (Å²) in [5.41, 5.74) is 0.630. The lowest BCUT2D eigenvalue weighted by atomic mass is 9.93. The van der Waals surface area contributed by atoms with Gasteiger partial charge in [0, 0.05) is 25.2 Å². The van der Waals surface area contributed by atoms with Gasteiger partial charge in [-0.05, 0) is 81.0 Å². The highest BCUT2D eigenvalue weighted by atomic mass is 32.2. The summed E-state index contributed by atoms with van der Waals surface area (Å²) in [6, 6.07) is 9.55. The van der Waals surface area contributed by atoms with Crippen LogP contribution in [0, 0.1) is 5.41 Å². The Labute approximate surface area is 231 Å². The number of pyridine rings is 1. The molecule has 1 saturated heterocycles. The number of carbonyl (C=O) groups excluding carboxylic acids is 1. The largest absolute Gasteiger partial charge is 0.467 e. The highest BCUT2D eigenvalue weighted by Gasteiger charge is 2.54. The molecule has 4 aliphatic rings. The number of amides is 1. The molecule has 40 heavy (non-hydrogen) atoms. The third kappa shape index (κ3) is 5.38. The van der Waals surface area contributed by atoms with Crippen molar-refractivity contribution in [1.82, 2.24) is 4.98 Å². The Balaban J connectivity index is 1.24. The molecule has 0 bridgehead atoms. The van der Waals surface area contributed by atoms with E-state index in [1.165, 1.54) is 18.9 Å². The maximum absolute atomic E-state index is 13.5. The molecule has 3 saturated carbocycles. The molecular weight excluding hydrogens is 542 g/mol. The number of halogens is 2. The second-order valence-corrected chi connectivity index (χ2v) is 13.7. The molecule has 9 nitrogen and oxygen atoms in total. The van der Waals surface area contributed by atoms with Crippen molar-refractivity contribution in [3.8, 4) is 5.88 Å². The molecule has 214 valence electrons. The Morgan fingerprint density at radius 3 is 2.38 bits per heavy atom. The van der Waals surface area contributed by atoms with Gasteiger partial charge in [-0.15, -0.1) is 0 Å². The number of ether oxygens (including phenoxy) is 1. The second kappa shape index (κ2) is 9.69. The molecule has 2 aromatic rings. The number of aliphatic hydroxyl groups excluding tert-OH is 1. The summed E-state index contributed by atoms with van der Waals surface area (Å²) in [6.45, 7) is 1.05. The summed E-state index contributed by atoms with van der Waals surface area (Å²) < 4.78 is 58.6. The van der Waals surface area contributed by atoms with E-state index in [1.807, 2.05) is 0 Å². The number of sulfonamides is 1. The van der Waals surface area contributed by atoms with E-state index < -0.39 is 39.0 Å². The average molecular weight is 575 g/mol. The number of piperidine rings is 1. The number of anilines is 3. The maximum atomic E-state index is 13.5. The molecule has 0 unspecified atom stereocenters. The van der Waals surface area contributed by atoms with Gasteiger partial charge in [0.1, 0.15) is 16.2 Å². The van der Waals surface area contributed by atoms with Gasteiger partial charge in [-0.25, -0.2) is 8.42 Å². The monoisotopic (exact) mass is 574 g/mol. The number of benzene rings is 1. The smallest absolute Gasteiger partial charge is 0.270 e. The number of hydrogen-bond donors (Lipinski definition) is 3. The summed E-state index contributed by atoms with van der Waals surface area (Å²) in [7, 11) is -3.81. The fourth-order valence-corrected chi connectivity index (χ4v) is 6.86. The molecule has 12 heteroatoms. The molecule has 4 fully saturated rings. The summed E-state index contributed by atoms with van der Waals surface area (Å²) in [4.78, 5) is 19.9. The Kier molecular flexibility index (Phi) is 6.53. The first-order chi connectivity index (χ1) is 19.1. The van der Waals surface area contributed by atoms with E-state index in [-0.39, 0.29) is 11.7 Å². The van der Waals surface area contributed by atoms with Crippen molar-refractivity contribution >= 4 is 33.1 Å². The molecule has 1 spiro atoms. The SMILES string of the molecule is O=C(Nc1cccc(OC2(C=C(F)F)CC2)n1)c1ccc(NS(=O)(=O)C2(CO)CC2)cc1N1CCC2(CC1)CC2. The van der Waals surface area contributed by atoms with Crippen LogP contribution in [0.5, 0.6) is 5.88 Å². The zero-order chi connectivity index (χ0) is 28.2. The van der Waals surface area contributed by atoms with Crippen molar-refractivity contribution in [2.75, 3.05) is 34.6 Å². The van der Waals surface area contributed by atoms with Crippen LogP contribution in [0.25, 0.3) is 0 Å². The van der Waals surface area contributed by atoms with Gasteiger partial charge in [-0.3, -0.25) is 9.52 Å². The first-order valence-corrected chi connectivity index (χ1v) is 15.1. The minimum atomic E-state index is -3.81. The predicted octanol–water partition coefficient (Wildman–Crippen LogP) is 4.67. The Morgan fingerprint density at radius 1 is 1.05 bits per heavy atom. The lowest BCUT2D eigenvalue weighted by Gasteiger charge is -2.35. The molecule has 0 atom stereocenters. The van der Waals surface area contributed by atoms with Gasteiger partial charge in [-0.1, -0.05) is 6.07 Å². The number of aliphatic hydroxyl groups is 1. The van der Waals surface area contributed by atoms with Crippen LogP contribution in [0.4, 0.5) is 26.0 Å². The van der Waals surface area contributed by atoms with E-state index in [9.17, 15) is 27.1 Å². The molecule has 1 aromatic heterocycles. The quantitative estimate of drug-likeness (QED) is 0.377. The summed E-state index contributed by atoms with van der Waals surface area (Å²) in [6.07, 6.45) is 5.14. The van der Waals surface area contributed by atoms with Crippen LogP contribution in [-0.4, -0.2) is 54.5 Å². The van der Waals surface area contributed by atoms with Crippen LogP contribution in [0.1, 0.15) is 61.7 Å². The van der Waals surface area contributed by atoms with Gasteiger partial charge in [0.25, 0.3) is 12.0 Å². The zero-order valence-corrected chi connectivity index (χ0v) is 22.8. The van der Waals surface area contributed by atoms with Crippen molar-refractivity contribution in [2.24, 2.45) is 5.41 Å². The molecular formula is C28H32F2N4O5S. The Hall–Kier alpha value is -3.25. The standard InChI is InChI=1S/C28H32F2N4O5S/c29-22(30)17-27(8-9-27)39-24-3-1-2-23(31-24)32-25(36)20-5-4-19(33-40(37,38)28(18-35)10-11-28)16-21(20)34-14-12-26(6-7-26)13-15-34/h1-5,16-17,33,35H,6-15,18H2,(H,31,32,36). The molecule has 1 amide bonds. The number of nitrogens with one attached hydrogen (secondary N) is 2. The van der Waals surface area contributed by atoms with Crippen LogP contribution in [0.3, 0.4) is 0 Å². The first-order valence-electron chi connectivity index (χ1n) is 13.6. The van der Waals surface area contributed by atoms with Crippen LogP contribution in [-0.2, 0) is 10.0 Å². The van der Waals surface area contributed by atoms with Crippen LogP contribution >= 0.6 is 0 Å². The lowest BCUT2D eigenvalue weighted by Crippen LogP contribution is -2.36. The Morgan fingerprint density at radius 2 is 1.77 bits per heavy atom. The Bertz CT molecular complexity index is 1450. The molecule has 1 aromatic carbocycles. The van der Waals surface area contributed by atoms with Crippen molar-refractivity contribution in [3.63, 3.8) is 0 Å². The van der Waals surface area contributed by atoms with Gasteiger partial charge in [0.05, 0.1) is 23.5 Å². The van der Waals surface area contributed by atoms with Crippen molar-refractivity contribution in [1.29, 1.82) is 0 Å². The predicted molar refractivity (Wildman–Crippen MR) is 146 cm³/mol. The molecule has 6 rings (SSSR count). The minimum absolute atomic E-state index is 0.126. The van der Waals surface area contributed by atoms with Crippen molar-refractivity contribution in [3.05, 3.63) is 54.1 Å². The topological polar surface area (TPSA) is 121 Å². The number of hydrogen-bond acceptors (Lipinski definition) is 7. The molecule has 0 radical (unpaired) electrons. The van der Waals surface area contributed by atoms with Gasteiger partial charge in [0.2, 0.25) is 15.9 Å². The van der Waals surface area contributed by atoms with E-state index in [0.717, 1.165) is 32.0 Å².